The number of benzene rings is 1. The lowest BCUT2D eigenvalue weighted by atomic mass is 10.2. The first kappa shape index (κ1) is 21.0. The van der Waals surface area contributed by atoms with Crippen LogP contribution in [0.15, 0.2) is 29.3 Å². The van der Waals surface area contributed by atoms with E-state index in [-0.39, 0.29) is 5.56 Å². The molecule has 12 heteroatoms. The Morgan fingerprint density at radius 3 is 1.88 bits per heavy atom. The topological polar surface area (TPSA) is 21.6 Å². The van der Waals surface area contributed by atoms with Crippen molar-refractivity contribution in [2.24, 2.45) is 4.99 Å². The lowest BCUT2D eigenvalue weighted by Crippen LogP contribution is -2.61. The number of rotatable bonds is 1. The van der Waals surface area contributed by atoms with Gasteiger partial charge in [0.1, 0.15) is 5.04 Å². The van der Waals surface area contributed by atoms with Gasteiger partial charge in [-0.3, -0.25) is 0 Å². The van der Waals surface area contributed by atoms with Gasteiger partial charge in [0.05, 0.1) is 0 Å². The number of aryl methyl sites for hydroxylation is 1. The Kier molecular flexibility index (Phi) is 5.59. The summed E-state index contributed by atoms with van der Waals surface area (Å²) < 4.78 is 81.7. The molecule has 0 radical (unpaired) electrons. The highest BCUT2D eigenvalue weighted by molar-refractivity contribution is 8.15. The van der Waals surface area contributed by atoms with Crippen molar-refractivity contribution < 1.29 is 31.1 Å². The first-order chi connectivity index (χ1) is 11.2. The average molecular weight is 447 g/mol. The molecule has 1 aliphatic heterocycles. The van der Waals surface area contributed by atoms with Gasteiger partial charge in [-0.1, -0.05) is 76.4 Å². The van der Waals surface area contributed by atoms with Gasteiger partial charge < -0.3 is 4.74 Å². The first-order valence-corrected chi connectivity index (χ1v) is 8.34. The van der Waals surface area contributed by atoms with Crippen LogP contribution in [0.4, 0.5) is 26.3 Å². The summed E-state index contributed by atoms with van der Waals surface area (Å²) in [7, 11) is 0. The third kappa shape index (κ3) is 4.16. The number of aliphatic imine (C=N–C) groups is 1. The van der Waals surface area contributed by atoms with E-state index < -0.39 is 44.1 Å². The molecule has 0 saturated heterocycles. The zero-order valence-corrected chi connectivity index (χ0v) is 15.1. The van der Waals surface area contributed by atoms with Gasteiger partial charge in [0.25, 0.3) is 0 Å². The molecule has 1 unspecified atom stereocenters. The normalized spacial score (nSPS) is 21.8. The highest BCUT2D eigenvalue weighted by Gasteiger charge is 2.76. The number of hydrogen-bond donors (Lipinski definition) is 0. The highest BCUT2D eigenvalue weighted by atomic mass is 35.6. The van der Waals surface area contributed by atoms with E-state index in [2.05, 4.69) is 9.73 Å². The molecule has 0 bridgehead atoms. The second-order valence-corrected chi connectivity index (χ2v) is 8.56. The number of alkyl halides is 9. The minimum atomic E-state index is -5.84. The molecule has 2 rings (SSSR count). The van der Waals surface area contributed by atoms with Crippen molar-refractivity contribution in [3.8, 4) is 0 Å². The Balaban J connectivity index is 2.63. The average Bonchev–Trinajstić information content (AvgIpc) is 2.44. The van der Waals surface area contributed by atoms with Gasteiger partial charge in [-0.25, -0.2) is 4.99 Å². The summed E-state index contributed by atoms with van der Waals surface area (Å²) in [5.74, 6) is 0. The molecule has 140 valence electrons. The van der Waals surface area contributed by atoms with Crippen LogP contribution in [0.5, 0.6) is 0 Å². The summed E-state index contributed by atoms with van der Waals surface area (Å²) in [4.78, 5) is -0.978. The SMILES string of the molecule is Cc1ccc(C2=NC(C(Cl)(Cl)Cl)OC(C(F)(F)F)(C(F)(F)F)S2)cc1. The van der Waals surface area contributed by atoms with Crippen LogP contribution in [0.1, 0.15) is 11.1 Å². The molecule has 0 spiro atoms. The van der Waals surface area contributed by atoms with Crippen molar-refractivity contribution in [1.29, 1.82) is 0 Å². The van der Waals surface area contributed by atoms with Gasteiger partial charge in [0.2, 0.25) is 3.79 Å². The lowest BCUT2D eigenvalue weighted by Gasteiger charge is -2.42. The summed E-state index contributed by atoms with van der Waals surface area (Å²) in [6, 6.07) is 5.64. The predicted molar refractivity (Wildman–Crippen MR) is 85.3 cm³/mol. The van der Waals surface area contributed by atoms with E-state index in [1.807, 2.05) is 0 Å². The van der Waals surface area contributed by atoms with Crippen LogP contribution in [0, 0.1) is 6.92 Å². The van der Waals surface area contributed by atoms with Gasteiger partial charge in [0, 0.05) is 5.56 Å². The smallest absolute Gasteiger partial charge is 0.318 e. The maximum Gasteiger partial charge on any atom is 0.436 e. The molecule has 1 aromatic rings. The highest BCUT2D eigenvalue weighted by Crippen LogP contribution is 2.57. The number of hydrogen-bond acceptors (Lipinski definition) is 3. The molecule has 1 atom stereocenters. The molecule has 2 nitrogen and oxygen atoms in total. The zero-order valence-electron chi connectivity index (χ0n) is 12.1. The Hall–Kier alpha value is -0.350. The molecular weight excluding hydrogens is 439 g/mol. The van der Waals surface area contributed by atoms with Crippen molar-refractivity contribution in [2.75, 3.05) is 0 Å². The van der Waals surface area contributed by atoms with Crippen molar-refractivity contribution in [3.05, 3.63) is 35.4 Å². The monoisotopic (exact) mass is 445 g/mol. The van der Waals surface area contributed by atoms with Crippen LogP contribution in [0.2, 0.25) is 0 Å². The fraction of sp³-hybridized carbons (Fsp3) is 0.462. The maximum atomic E-state index is 13.4. The van der Waals surface area contributed by atoms with E-state index in [1.165, 1.54) is 24.3 Å². The molecule has 1 aromatic carbocycles. The van der Waals surface area contributed by atoms with Crippen LogP contribution in [-0.2, 0) is 4.74 Å². The molecule has 1 aliphatic rings. The number of nitrogens with zero attached hydrogens (tertiary/aromatic N) is 1. The van der Waals surface area contributed by atoms with Crippen molar-refractivity contribution >= 4 is 51.6 Å². The number of ether oxygens (including phenoxy) is 1. The minimum absolute atomic E-state index is 0.0102. The minimum Gasteiger partial charge on any atom is -0.318 e. The third-order valence-corrected chi connectivity index (χ3v) is 5.02. The maximum absolute atomic E-state index is 13.4. The zero-order chi connectivity index (χ0) is 19.3. The second-order valence-electron chi connectivity index (χ2n) is 5.03. The molecule has 0 N–H and O–H groups in total. The van der Waals surface area contributed by atoms with E-state index in [9.17, 15) is 26.3 Å². The van der Waals surface area contributed by atoms with Crippen LogP contribution in [0.3, 0.4) is 0 Å². The van der Waals surface area contributed by atoms with Crippen LogP contribution >= 0.6 is 46.6 Å². The largest absolute Gasteiger partial charge is 0.436 e. The summed E-state index contributed by atoms with van der Waals surface area (Å²) in [6.45, 7) is 1.70. The van der Waals surface area contributed by atoms with Crippen molar-refractivity contribution in [2.45, 2.75) is 34.2 Å². The first-order valence-electron chi connectivity index (χ1n) is 6.39. The van der Waals surface area contributed by atoms with Gasteiger partial charge >= 0.3 is 17.3 Å². The van der Waals surface area contributed by atoms with E-state index in [4.69, 9.17) is 34.8 Å². The molecule has 0 amide bonds. The molecule has 0 aliphatic carbocycles. The Morgan fingerprint density at radius 2 is 1.48 bits per heavy atom. The summed E-state index contributed by atoms with van der Waals surface area (Å²) in [6.07, 6.45) is -14.0. The Bertz CT molecular complexity index is 654. The summed E-state index contributed by atoms with van der Waals surface area (Å²) >= 11 is 15.8. The summed E-state index contributed by atoms with van der Waals surface area (Å²) in [5, 5.41) is -0.600. The molecule has 25 heavy (non-hydrogen) atoms. The quantitative estimate of drug-likeness (QED) is 0.388. The van der Waals surface area contributed by atoms with E-state index in [0.717, 1.165) is 5.56 Å². The van der Waals surface area contributed by atoms with Gasteiger partial charge in [-0.05, 0) is 6.92 Å². The molecular formula is C13H8Cl3F6NOS. The van der Waals surface area contributed by atoms with Crippen molar-refractivity contribution in [3.63, 3.8) is 0 Å². The fourth-order valence-corrected chi connectivity index (χ4v) is 3.18. The van der Waals surface area contributed by atoms with E-state index >= 15 is 0 Å². The number of halogens is 9. The van der Waals surface area contributed by atoms with Gasteiger partial charge in [-0.2, -0.15) is 26.3 Å². The van der Waals surface area contributed by atoms with Crippen LogP contribution < -0.4 is 0 Å². The van der Waals surface area contributed by atoms with Crippen LogP contribution in [-0.4, -0.2) is 32.3 Å². The summed E-state index contributed by atoms with van der Waals surface area (Å²) in [5.41, 5.74) is 0.758. The molecule has 0 saturated carbocycles. The van der Waals surface area contributed by atoms with Crippen molar-refractivity contribution in [1.82, 2.24) is 0 Å². The van der Waals surface area contributed by atoms with Gasteiger partial charge in [-0.15, -0.1) is 0 Å². The van der Waals surface area contributed by atoms with Crippen LogP contribution in [0.25, 0.3) is 0 Å². The molecule has 1 heterocycles. The standard InChI is InChI=1S/C13H8Cl3F6NOS/c1-6-2-4-7(5-3-6)8-23-9(10(14,15)16)24-11(25-8,12(17,18)19)13(20,21)22/h2-5,9H,1H3. The predicted octanol–water partition coefficient (Wildman–Crippen LogP) is 6.02. The Labute approximate surface area is 157 Å². The fourth-order valence-electron chi connectivity index (χ4n) is 1.86. The van der Waals surface area contributed by atoms with E-state index in [0.29, 0.717) is 0 Å². The second kappa shape index (κ2) is 6.67. The van der Waals surface area contributed by atoms with Gasteiger partial charge in [0.15, 0.2) is 6.23 Å². The number of thioether (sulfide) groups is 1. The van der Waals surface area contributed by atoms with E-state index in [1.54, 1.807) is 6.92 Å². The Morgan fingerprint density at radius 1 is 1.00 bits per heavy atom. The molecule has 0 aromatic heterocycles. The third-order valence-electron chi connectivity index (χ3n) is 3.08. The molecule has 0 fully saturated rings. The lowest BCUT2D eigenvalue weighted by molar-refractivity contribution is -0.349.